The maximum Gasteiger partial charge on any atom is 0.263 e. The van der Waals surface area contributed by atoms with Crippen molar-refractivity contribution in [1.29, 1.82) is 0 Å². The van der Waals surface area contributed by atoms with Gasteiger partial charge in [-0.3, -0.25) is 0 Å². The van der Waals surface area contributed by atoms with Gasteiger partial charge in [0, 0.05) is 10.6 Å². The second-order valence-corrected chi connectivity index (χ2v) is 4.70. The van der Waals surface area contributed by atoms with Crippen LogP contribution in [0.15, 0.2) is 18.2 Å². The summed E-state index contributed by atoms with van der Waals surface area (Å²) in [7, 11) is 0. The Hall–Kier alpha value is -0.630. The smallest absolute Gasteiger partial charge is 0.205 e. The van der Waals surface area contributed by atoms with Crippen molar-refractivity contribution in [2.45, 2.75) is 32.6 Å². The summed E-state index contributed by atoms with van der Waals surface area (Å²) in [4.78, 5) is 0. The summed E-state index contributed by atoms with van der Waals surface area (Å²) in [5.41, 5.74) is 0.754. The molecule has 0 atom stereocenters. The summed E-state index contributed by atoms with van der Waals surface area (Å²) in [6.45, 7) is 5.99. The molecule has 3 heteroatoms. The topological polar surface area (TPSA) is 0 Å². The van der Waals surface area contributed by atoms with Crippen LogP contribution in [0.25, 0.3) is 0 Å². The van der Waals surface area contributed by atoms with Gasteiger partial charge in [0.05, 0.1) is 0 Å². The van der Waals surface area contributed by atoms with Crippen molar-refractivity contribution >= 4 is 11.6 Å². The van der Waals surface area contributed by atoms with Crippen LogP contribution in [0.2, 0.25) is 5.02 Å². The lowest BCUT2D eigenvalue weighted by atomic mass is 9.86. The van der Waals surface area contributed by atoms with Gasteiger partial charge in [0.25, 0.3) is 6.43 Å². The number of hydrogen-bond donors (Lipinski definition) is 0. The zero-order chi connectivity index (χ0) is 10.9. The van der Waals surface area contributed by atoms with E-state index in [0.717, 1.165) is 5.56 Å². The van der Waals surface area contributed by atoms with E-state index in [4.69, 9.17) is 11.6 Å². The van der Waals surface area contributed by atoms with E-state index in [2.05, 4.69) is 0 Å². The maximum atomic E-state index is 12.3. The molecule has 0 saturated carbocycles. The Bertz CT molecular complexity index is 327. The molecule has 0 unspecified atom stereocenters. The van der Waals surface area contributed by atoms with Gasteiger partial charge in [-0.15, -0.1) is 0 Å². The first kappa shape index (κ1) is 11.4. The van der Waals surface area contributed by atoms with Gasteiger partial charge in [-0.05, 0) is 17.0 Å². The van der Waals surface area contributed by atoms with Crippen molar-refractivity contribution in [2.75, 3.05) is 0 Å². The Balaban J connectivity index is 3.15. The van der Waals surface area contributed by atoms with Gasteiger partial charge in [0.15, 0.2) is 0 Å². The highest BCUT2D eigenvalue weighted by Gasteiger charge is 2.18. The number of benzene rings is 1. The summed E-state index contributed by atoms with van der Waals surface area (Å²) in [6, 6.07) is 4.44. The zero-order valence-corrected chi connectivity index (χ0v) is 9.20. The van der Waals surface area contributed by atoms with E-state index in [1.54, 1.807) is 6.07 Å². The van der Waals surface area contributed by atoms with Crippen molar-refractivity contribution < 1.29 is 8.78 Å². The van der Waals surface area contributed by atoms with Gasteiger partial charge < -0.3 is 0 Å². The van der Waals surface area contributed by atoms with Crippen LogP contribution in [0.5, 0.6) is 0 Å². The molecule has 14 heavy (non-hydrogen) atoms. The first-order valence-corrected chi connectivity index (χ1v) is 4.78. The van der Waals surface area contributed by atoms with Crippen molar-refractivity contribution in [2.24, 2.45) is 0 Å². The Morgan fingerprint density at radius 3 is 2.14 bits per heavy atom. The largest absolute Gasteiger partial charge is 0.263 e. The predicted molar refractivity (Wildman–Crippen MR) is 55.1 cm³/mol. The molecule has 1 rings (SSSR count). The molecule has 1 aromatic rings. The highest BCUT2D eigenvalue weighted by molar-refractivity contribution is 6.31. The third-order valence-corrected chi connectivity index (χ3v) is 2.37. The van der Waals surface area contributed by atoms with Crippen LogP contribution >= 0.6 is 11.6 Å². The molecule has 0 aliphatic carbocycles. The van der Waals surface area contributed by atoms with Crippen molar-refractivity contribution in [3.8, 4) is 0 Å². The van der Waals surface area contributed by atoms with E-state index < -0.39 is 6.43 Å². The van der Waals surface area contributed by atoms with E-state index in [-0.39, 0.29) is 11.0 Å². The molecular formula is C11H13ClF2. The summed E-state index contributed by atoms with van der Waals surface area (Å²) >= 11 is 5.92. The highest BCUT2D eigenvalue weighted by Crippen LogP contribution is 2.32. The second kappa shape index (κ2) is 3.85. The van der Waals surface area contributed by atoms with E-state index >= 15 is 0 Å². The standard InChI is InChI=1S/C11H13ClF2/c1-11(2,3)8-5-4-7(10(13)14)6-9(8)12/h4-6,10H,1-3H3. The Morgan fingerprint density at radius 2 is 1.79 bits per heavy atom. The van der Waals surface area contributed by atoms with Crippen molar-refractivity contribution in [3.63, 3.8) is 0 Å². The molecule has 0 aliphatic rings. The van der Waals surface area contributed by atoms with E-state index in [0.29, 0.717) is 5.02 Å². The third kappa shape index (κ3) is 2.44. The molecular weight excluding hydrogens is 206 g/mol. The molecule has 0 aromatic heterocycles. The van der Waals surface area contributed by atoms with Gasteiger partial charge in [0.2, 0.25) is 0 Å². The highest BCUT2D eigenvalue weighted by atomic mass is 35.5. The SMILES string of the molecule is CC(C)(C)c1ccc(C(F)F)cc1Cl. The van der Waals surface area contributed by atoms with E-state index in [9.17, 15) is 8.78 Å². The molecule has 0 fully saturated rings. The Morgan fingerprint density at radius 1 is 1.21 bits per heavy atom. The van der Waals surface area contributed by atoms with Gasteiger partial charge in [-0.25, -0.2) is 8.78 Å². The monoisotopic (exact) mass is 218 g/mol. The molecule has 0 nitrogen and oxygen atoms in total. The van der Waals surface area contributed by atoms with Gasteiger partial charge in [-0.2, -0.15) is 0 Å². The van der Waals surface area contributed by atoms with Crippen LogP contribution in [0.4, 0.5) is 8.78 Å². The van der Waals surface area contributed by atoms with Gasteiger partial charge in [0.1, 0.15) is 0 Å². The van der Waals surface area contributed by atoms with E-state index in [1.807, 2.05) is 20.8 Å². The quantitative estimate of drug-likeness (QED) is 0.648. The fourth-order valence-electron chi connectivity index (χ4n) is 1.28. The summed E-state index contributed by atoms with van der Waals surface area (Å²) in [5.74, 6) is 0. The first-order valence-electron chi connectivity index (χ1n) is 4.40. The molecule has 78 valence electrons. The molecule has 0 amide bonds. The van der Waals surface area contributed by atoms with Crippen LogP contribution in [-0.4, -0.2) is 0 Å². The van der Waals surface area contributed by atoms with Crippen LogP contribution in [0.3, 0.4) is 0 Å². The van der Waals surface area contributed by atoms with Gasteiger partial charge >= 0.3 is 0 Å². The summed E-state index contributed by atoms with van der Waals surface area (Å²) < 4.78 is 24.6. The van der Waals surface area contributed by atoms with Crippen LogP contribution in [0, 0.1) is 0 Å². The predicted octanol–water partition coefficient (Wildman–Crippen LogP) is 4.58. The zero-order valence-electron chi connectivity index (χ0n) is 8.44. The molecule has 0 bridgehead atoms. The molecule has 1 aromatic carbocycles. The van der Waals surface area contributed by atoms with Crippen LogP contribution in [-0.2, 0) is 5.41 Å². The lowest BCUT2D eigenvalue weighted by Crippen LogP contribution is -2.11. The van der Waals surface area contributed by atoms with Gasteiger partial charge in [-0.1, -0.05) is 44.5 Å². The summed E-state index contributed by atoms with van der Waals surface area (Å²) in [6.07, 6.45) is -2.46. The van der Waals surface area contributed by atoms with Crippen LogP contribution < -0.4 is 0 Å². The minimum atomic E-state index is -2.46. The minimum Gasteiger partial charge on any atom is -0.205 e. The molecule has 0 radical (unpaired) electrons. The Labute approximate surface area is 87.9 Å². The number of halogens is 3. The van der Waals surface area contributed by atoms with Crippen LogP contribution in [0.1, 0.15) is 38.3 Å². The summed E-state index contributed by atoms with van der Waals surface area (Å²) in [5, 5.41) is 0.412. The number of rotatable bonds is 1. The average molecular weight is 219 g/mol. The molecule has 0 heterocycles. The number of alkyl halides is 2. The number of hydrogen-bond acceptors (Lipinski definition) is 0. The van der Waals surface area contributed by atoms with Crippen molar-refractivity contribution in [3.05, 3.63) is 34.3 Å². The normalized spacial score (nSPS) is 12.2. The third-order valence-electron chi connectivity index (χ3n) is 2.05. The van der Waals surface area contributed by atoms with Crippen molar-refractivity contribution in [1.82, 2.24) is 0 Å². The fraction of sp³-hybridized carbons (Fsp3) is 0.455. The second-order valence-electron chi connectivity index (χ2n) is 4.29. The molecule has 0 saturated heterocycles. The first-order chi connectivity index (χ1) is 6.32. The maximum absolute atomic E-state index is 12.3. The van der Waals surface area contributed by atoms with E-state index in [1.165, 1.54) is 12.1 Å². The minimum absolute atomic E-state index is 0.0250. The molecule has 0 N–H and O–H groups in total. The fourth-order valence-corrected chi connectivity index (χ4v) is 1.75. The molecule has 0 aliphatic heterocycles. The lowest BCUT2D eigenvalue weighted by Gasteiger charge is -2.20. The lowest BCUT2D eigenvalue weighted by molar-refractivity contribution is 0.151. The molecule has 0 spiro atoms. The average Bonchev–Trinajstić information content (AvgIpc) is 2.01. The Kier molecular flexibility index (Phi) is 3.15.